The Morgan fingerprint density at radius 3 is 2.76 bits per heavy atom. The van der Waals surface area contributed by atoms with Gasteiger partial charge in [-0.25, -0.2) is 4.99 Å². The fourth-order valence-electron chi connectivity index (χ4n) is 2.99. The van der Waals surface area contributed by atoms with Crippen LogP contribution in [0.3, 0.4) is 0 Å². The fraction of sp³-hybridized carbons (Fsp3) is 0.500. The van der Waals surface area contributed by atoms with Crippen molar-refractivity contribution in [2.24, 2.45) is 4.99 Å². The van der Waals surface area contributed by atoms with Crippen molar-refractivity contribution in [2.45, 2.75) is 46.3 Å². The van der Waals surface area contributed by atoms with E-state index >= 15 is 0 Å². The van der Waals surface area contributed by atoms with Crippen LogP contribution in [-0.2, 0) is 26.1 Å². The molecule has 0 fully saturated rings. The lowest BCUT2D eigenvalue weighted by molar-refractivity contribution is 0.476. The average molecular weight is 454 g/mol. The maximum Gasteiger partial charge on any atom is 0.194 e. The standard InChI is InChI=1S/C18H26N6.HI/c1-4-19-18(23(3)13-15-9-7-14(2)8-10-15)20-12-17-22-21-16-6-5-11-24(16)17;/h7-10H,4-6,11-13H2,1-3H3,(H,19,20);1H. The van der Waals surface area contributed by atoms with Crippen LogP contribution in [-0.4, -0.2) is 39.2 Å². The molecule has 3 rings (SSSR count). The highest BCUT2D eigenvalue weighted by atomic mass is 127. The van der Waals surface area contributed by atoms with E-state index < -0.39 is 0 Å². The first kappa shape index (κ1) is 19.7. The number of guanidine groups is 1. The fourth-order valence-corrected chi connectivity index (χ4v) is 2.99. The van der Waals surface area contributed by atoms with E-state index in [0.29, 0.717) is 6.54 Å². The summed E-state index contributed by atoms with van der Waals surface area (Å²) in [5, 5.41) is 11.9. The van der Waals surface area contributed by atoms with Crippen LogP contribution >= 0.6 is 24.0 Å². The average Bonchev–Trinajstić information content (AvgIpc) is 3.17. The van der Waals surface area contributed by atoms with Gasteiger partial charge in [-0.15, -0.1) is 34.2 Å². The number of aryl methyl sites for hydroxylation is 2. The van der Waals surface area contributed by atoms with E-state index in [1.807, 2.05) is 0 Å². The Balaban J connectivity index is 0.00000225. The predicted octanol–water partition coefficient (Wildman–Crippen LogP) is 2.75. The minimum Gasteiger partial charge on any atom is -0.357 e. The highest BCUT2D eigenvalue weighted by Crippen LogP contribution is 2.14. The maximum atomic E-state index is 4.76. The zero-order chi connectivity index (χ0) is 16.9. The van der Waals surface area contributed by atoms with Gasteiger partial charge in [0, 0.05) is 33.1 Å². The van der Waals surface area contributed by atoms with Gasteiger partial charge in [-0.1, -0.05) is 29.8 Å². The zero-order valence-electron chi connectivity index (χ0n) is 15.2. The molecule has 0 saturated carbocycles. The van der Waals surface area contributed by atoms with Gasteiger partial charge in [0.15, 0.2) is 11.8 Å². The largest absolute Gasteiger partial charge is 0.357 e. The molecular weight excluding hydrogens is 427 g/mol. The van der Waals surface area contributed by atoms with E-state index in [0.717, 1.165) is 50.1 Å². The number of fused-ring (bicyclic) bond motifs is 1. The van der Waals surface area contributed by atoms with Crippen LogP contribution in [0, 0.1) is 6.92 Å². The van der Waals surface area contributed by atoms with Crippen molar-refractivity contribution in [3.8, 4) is 0 Å². The van der Waals surface area contributed by atoms with Crippen LogP contribution in [0.4, 0.5) is 0 Å². The lowest BCUT2D eigenvalue weighted by atomic mass is 10.1. The first-order chi connectivity index (χ1) is 11.7. The van der Waals surface area contributed by atoms with E-state index in [-0.39, 0.29) is 24.0 Å². The predicted molar refractivity (Wildman–Crippen MR) is 111 cm³/mol. The SMILES string of the molecule is CCNC(=NCc1nnc2n1CCC2)N(C)Cc1ccc(C)cc1.I. The van der Waals surface area contributed by atoms with E-state index in [9.17, 15) is 0 Å². The van der Waals surface area contributed by atoms with Crippen LogP contribution in [0.25, 0.3) is 0 Å². The number of nitrogens with one attached hydrogen (secondary N) is 1. The number of benzene rings is 1. The Hall–Kier alpha value is -1.64. The van der Waals surface area contributed by atoms with Gasteiger partial charge in [-0.2, -0.15) is 0 Å². The van der Waals surface area contributed by atoms with E-state index in [1.165, 1.54) is 11.1 Å². The number of aliphatic imine (C=N–C) groups is 1. The summed E-state index contributed by atoms with van der Waals surface area (Å²) in [5.41, 5.74) is 2.56. The number of aromatic nitrogens is 3. The van der Waals surface area contributed by atoms with Gasteiger partial charge in [-0.05, 0) is 25.8 Å². The van der Waals surface area contributed by atoms with Crippen LogP contribution < -0.4 is 5.32 Å². The van der Waals surface area contributed by atoms with Crippen molar-refractivity contribution in [3.05, 3.63) is 47.0 Å². The van der Waals surface area contributed by atoms with Crippen LogP contribution in [0.1, 0.15) is 36.1 Å². The Bertz CT molecular complexity index is 707. The molecule has 0 unspecified atom stereocenters. The van der Waals surface area contributed by atoms with Crippen LogP contribution in [0.15, 0.2) is 29.3 Å². The highest BCUT2D eigenvalue weighted by Gasteiger charge is 2.17. The van der Waals surface area contributed by atoms with Crippen molar-refractivity contribution in [3.63, 3.8) is 0 Å². The molecule has 2 aromatic rings. The molecule has 1 aromatic carbocycles. The maximum absolute atomic E-state index is 4.76. The normalized spacial score (nSPS) is 13.3. The topological polar surface area (TPSA) is 58.3 Å². The van der Waals surface area contributed by atoms with Crippen molar-refractivity contribution >= 4 is 29.9 Å². The van der Waals surface area contributed by atoms with Gasteiger partial charge in [0.05, 0.1) is 0 Å². The lowest BCUT2D eigenvalue weighted by Crippen LogP contribution is -2.38. The molecule has 0 atom stereocenters. The Kier molecular flexibility index (Phi) is 7.22. The third-order valence-corrected chi connectivity index (χ3v) is 4.29. The molecule has 2 heterocycles. The van der Waals surface area contributed by atoms with Crippen LogP contribution in [0.5, 0.6) is 0 Å². The number of hydrogen-bond acceptors (Lipinski definition) is 3. The molecule has 1 aromatic heterocycles. The third kappa shape index (κ3) is 4.93. The quantitative estimate of drug-likeness (QED) is 0.429. The van der Waals surface area contributed by atoms with Gasteiger partial charge in [-0.3, -0.25) is 0 Å². The molecule has 25 heavy (non-hydrogen) atoms. The summed E-state index contributed by atoms with van der Waals surface area (Å²) in [7, 11) is 2.07. The summed E-state index contributed by atoms with van der Waals surface area (Å²) in [6, 6.07) is 8.63. The highest BCUT2D eigenvalue weighted by molar-refractivity contribution is 14.0. The molecule has 1 aliphatic heterocycles. The van der Waals surface area contributed by atoms with Crippen molar-refractivity contribution in [1.29, 1.82) is 0 Å². The molecule has 0 spiro atoms. The molecule has 136 valence electrons. The second kappa shape index (κ2) is 9.17. The summed E-state index contributed by atoms with van der Waals surface area (Å²) in [6.45, 7) is 7.44. The Morgan fingerprint density at radius 2 is 2.04 bits per heavy atom. The van der Waals surface area contributed by atoms with Gasteiger partial charge in [0.2, 0.25) is 0 Å². The summed E-state index contributed by atoms with van der Waals surface area (Å²) < 4.78 is 2.20. The molecule has 0 bridgehead atoms. The van der Waals surface area contributed by atoms with Crippen molar-refractivity contribution in [2.75, 3.05) is 13.6 Å². The number of halogens is 1. The molecule has 0 aliphatic carbocycles. The minimum atomic E-state index is 0. The molecule has 1 aliphatic rings. The molecule has 0 amide bonds. The Morgan fingerprint density at radius 1 is 1.28 bits per heavy atom. The summed E-state index contributed by atoms with van der Waals surface area (Å²) >= 11 is 0. The monoisotopic (exact) mass is 454 g/mol. The summed E-state index contributed by atoms with van der Waals surface area (Å²) in [5.74, 6) is 2.95. The second-order valence-electron chi connectivity index (χ2n) is 6.30. The van der Waals surface area contributed by atoms with E-state index in [1.54, 1.807) is 0 Å². The molecular formula is C18H27IN6. The molecule has 1 N–H and O–H groups in total. The van der Waals surface area contributed by atoms with Gasteiger partial charge >= 0.3 is 0 Å². The van der Waals surface area contributed by atoms with Gasteiger partial charge in [0.25, 0.3) is 0 Å². The Labute approximate surface area is 166 Å². The van der Waals surface area contributed by atoms with Crippen molar-refractivity contribution in [1.82, 2.24) is 25.0 Å². The van der Waals surface area contributed by atoms with E-state index in [2.05, 4.69) is 70.1 Å². The van der Waals surface area contributed by atoms with Crippen molar-refractivity contribution < 1.29 is 0 Å². The van der Waals surface area contributed by atoms with E-state index in [4.69, 9.17) is 4.99 Å². The second-order valence-corrected chi connectivity index (χ2v) is 6.30. The smallest absolute Gasteiger partial charge is 0.194 e. The minimum absolute atomic E-state index is 0. The summed E-state index contributed by atoms with van der Waals surface area (Å²) in [6.07, 6.45) is 2.19. The lowest BCUT2D eigenvalue weighted by Gasteiger charge is -2.22. The number of hydrogen-bond donors (Lipinski definition) is 1. The molecule has 6 nitrogen and oxygen atoms in total. The van der Waals surface area contributed by atoms with Gasteiger partial charge < -0.3 is 14.8 Å². The third-order valence-electron chi connectivity index (χ3n) is 4.29. The van der Waals surface area contributed by atoms with Gasteiger partial charge in [0.1, 0.15) is 12.4 Å². The first-order valence-electron chi connectivity index (χ1n) is 8.63. The first-order valence-corrected chi connectivity index (χ1v) is 8.63. The summed E-state index contributed by atoms with van der Waals surface area (Å²) in [4.78, 5) is 6.90. The number of rotatable bonds is 5. The number of nitrogens with zero attached hydrogens (tertiary/aromatic N) is 5. The molecule has 7 heteroatoms. The van der Waals surface area contributed by atoms with Crippen LogP contribution in [0.2, 0.25) is 0 Å². The zero-order valence-corrected chi connectivity index (χ0v) is 17.5. The molecule has 0 radical (unpaired) electrons. The molecule has 0 saturated heterocycles.